The first-order chi connectivity index (χ1) is 15.2. The Balaban J connectivity index is 0.00000324. The Hall–Kier alpha value is -2.37. The van der Waals surface area contributed by atoms with E-state index in [9.17, 15) is 39.3 Å². The lowest BCUT2D eigenvalue weighted by Gasteiger charge is -2.55. The highest BCUT2D eigenvalue weighted by atomic mass is 35.5. The van der Waals surface area contributed by atoms with Gasteiger partial charge in [-0.1, -0.05) is 11.6 Å². The van der Waals surface area contributed by atoms with E-state index in [2.05, 4.69) is 0 Å². The molecule has 184 valence electrons. The predicted octanol–water partition coefficient (Wildman–Crippen LogP) is -0.393. The van der Waals surface area contributed by atoms with Crippen molar-refractivity contribution in [3.63, 3.8) is 0 Å². The van der Waals surface area contributed by atoms with E-state index in [0.717, 1.165) is 6.07 Å². The lowest BCUT2D eigenvalue weighted by atomic mass is 9.49. The van der Waals surface area contributed by atoms with Crippen LogP contribution in [0, 0.1) is 23.7 Å². The predicted molar refractivity (Wildman–Crippen MR) is 119 cm³/mol. The molecule has 12 heteroatoms. The number of nitrogens with zero attached hydrogens (tertiary/aromatic N) is 1. The zero-order chi connectivity index (χ0) is 24.8. The number of likely N-dealkylation sites (N-methyl/N-ethyl adjacent to an activating group) is 1. The Morgan fingerprint density at radius 2 is 1.71 bits per heavy atom. The van der Waals surface area contributed by atoms with Gasteiger partial charge < -0.3 is 21.1 Å². The van der Waals surface area contributed by atoms with Gasteiger partial charge in [0.1, 0.15) is 5.75 Å². The molecule has 0 aromatic heterocycles. The molecule has 3 aliphatic rings. The molecule has 0 spiro atoms. The van der Waals surface area contributed by atoms with E-state index in [1.807, 2.05) is 0 Å². The third-order valence-corrected chi connectivity index (χ3v) is 7.75. The Morgan fingerprint density at radius 1 is 1.12 bits per heavy atom. The molecule has 0 bridgehead atoms. The fourth-order valence-corrected chi connectivity index (χ4v) is 6.30. The zero-order valence-electron chi connectivity index (χ0n) is 18.4. The molecule has 0 heterocycles. The van der Waals surface area contributed by atoms with E-state index in [0.29, 0.717) is 0 Å². The quantitative estimate of drug-likeness (QED) is 0.382. The van der Waals surface area contributed by atoms with Crippen LogP contribution in [0.5, 0.6) is 5.75 Å². The lowest BCUT2D eigenvalue weighted by molar-refractivity contribution is -0.188. The van der Waals surface area contributed by atoms with Crippen molar-refractivity contribution in [2.75, 3.05) is 14.1 Å². The Bertz CT molecular complexity index is 1150. The number of ketones is 4. The Labute approximate surface area is 205 Å². The second kappa shape index (κ2) is 8.10. The van der Waals surface area contributed by atoms with Crippen LogP contribution in [0.3, 0.4) is 0 Å². The minimum absolute atomic E-state index is 0. The van der Waals surface area contributed by atoms with Crippen molar-refractivity contribution in [3.05, 3.63) is 28.3 Å². The standard InChI is InChI=1S/C22H23ClN2O8.ClH/c1-21(32)7-6-8-15(25(2)3)17(28)13(20(24)31)19(30)22(8,33)18(29)11(7)16(27)12-10(26)5-4-9(23)14(12)21;/h4-5,7-8,11,13,15,26,32-33H,6H2,1-3H3,(H2,24,31);1H/t7-,8-,11?,13?,15-,21-,22-;/m0./s1. The molecule has 0 radical (unpaired) electrons. The summed E-state index contributed by atoms with van der Waals surface area (Å²) in [5, 5.41) is 33.3. The molecule has 0 saturated heterocycles. The largest absolute Gasteiger partial charge is 0.507 e. The molecule has 10 nitrogen and oxygen atoms in total. The number of fused-ring (bicyclic) bond motifs is 3. The smallest absolute Gasteiger partial charge is 0.235 e. The topological polar surface area (TPSA) is 175 Å². The van der Waals surface area contributed by atoms with E-state index in [-0.39, 0.29) is 35.0 Å². The van der Waals surface area contributed by atoms with E-state index >= 15 is 0 Å². The van der Waals surface area contributed by atoms with Crippen molar-refractivity contribution in [3.8, 4) is 5.75 Å². The first-order valence-electron chi connectivity index (χ1n) is 10.3. The van der Waals surface area contributed by atoms with Crippen LogP contribution in [0.15, 0.2) is 12.1 Å². The van der Waals surface area contributed by atoms with E-state index in [4.69, 9.17) is 17.3 Å². The molecule has 7 atom stereocenters. The third-order valence-electron chi connectivity index (χ3n) is 7.43. The lowest BCUT2D eigenvalue weighted by Crippen LogP contribution is -2.75. The van der Waals surface area contributed by atoms with Crippen LogP contribution in [0.2, 0.25) is 5.02 Å². The summed E-state index contributed by atoms with van der Waals surface area (Å²) < 4.78 is 0. The van der Waals surface area contributed by atoms with Gasteiger partial charge in [0.05, 0.1) is 23.1 Å². The molecule has 0 aliphatic heterocycles. The van der Waals surface area contributed by atoms with Crippen molar-refractivity contribution in [2.24, 2.45) is 29.4 Å². The Morgan fingerprint density at radius 3 is 2.24 bits per heavy atom. The highest BCUT2D eigenvalue weighted by Gasteiger charge is 2.71. The molecule has 4 rings (SSSR count). The van der Waals surface area contributed by atoms with Gasteiger partial charge in [0, 0.05) is 22.4 Å². The van der Waals surface area contributed by atoms with Crippen LogP contribution >= 0.6 is 24.0 Å². The molecular weight excluding hydrogens is 491 g/mol. The normalized spacial score (nSPS) is 37.0. The van der Waals surface area contributed by atoms with Gasteiger partial charge in [0.25, 0.3) is 0 Å². The number of hydrogen-bond acceptors (Lipinski definition) is 9. The summed E-state index contributed by atoms with van der Waals surface area (Å²) in [5.74, 6) is -12.5. The molecule has 1 amide bonds. The summed E-state index contributed by atoms with van der Waals surface area (Å²) in [6, 6.07) is 1.17. The van der Waals surface area contributed by atoms with Crippen molar-refractivity contribution in [1.82, 2.24) is 4.90 Å². The van der Waals surface area contributed by atoms with Crippen molar-refractivity contribution < 1.29 is 39.3 Å². The molecule has 1 aromatic carbocycles. The number of phenols is 1. The molecule has 2 fully saturated rings. The molecule has 34 heavy (non-hydrogen) atoms. The second-order valence-electron chi connectivity index (χ2n) is 9.40. The maximum Gasteiger partial charge on any atom is 0.235 e. The van der Waals surface area contributed by atoms with Gasteiger partial charge in [-0.2, -0.15) is 0 Å². The summed E-state index contributed by atoms with van der Waals surface area (Å²) in [7, 11) is 2.95. The van der Waals surface area contributed by atoms with Gasteiger partial charge in [-0.3, -0.25) is 28.9 Å². The van der Waals surface area contributed by atoms with Crippen LogP contribution < -0.4 is 5.73 Å². The van der Waals surface area contributed by atoms with Gasteiger partial charge in [0.15, 0.2) is 34.7 Å². The van der Waals surface area contributed by atoms with Gasteiger partial charge in [-0.15, -0.1) is 12.4 Å². The van der Waals surface area contributed by atoms with E-state index in [1.165, 1.54) is 32.0 Å². The zero-order valence-corrected chi connectivity index (χ0v) is 20.0. The highest BCUT2D eigenvalue weighted by Crippen LogP contribution is 2.56. The molecule has 1 aromatic rings. The molecule has 5 N–H and O–H groups in total. The number of hydrogen-bond donors (Lipinski definition) is 4. The van der Waals surface area contributed by atoms with Gasteiger partial charge in [-0.25, -0.2) is 0 Å². The van der Waals surface area contributed by atoms with E-state index < -0.39 is 75.7 Å². The molecular formula is C22H24Cl2N2O8. The maximum atomic E-state index is 13.7. The van der Waals surface area contributed by atoms with Gasteiger partial charge in [0.2, 0.25) is 5.91 Å². The first-order valence-corrected chi connectivity index (χ1v) is 10.7. The maximum absolute atomic E-state index is 13.7. The minimum atomic E-state index is -2.86. The number of primary amides is 1. The number of Topliss-reactive ketones (excluding diaryl/α,β-unsaturated/α-hetero) is 4. The molecule has 2 unspecified atom stereocenters. The van der Waals surface area contributed by atoms with Crippen molar-refractivity contribution >= 4 is 53.0 Å². The number of aliphatic hydroxyl groups is 2. The number of benzene rings is 1. The van der Waals surface area contributed by atoms with E-state index in [1.54, 1.807) is 0 Å². The average molecular weight is 515 g/mol. The van der Waals surface area contributed by atoms with Crippen molar-refractivity contribution in [2.45, 2.75) is 30.6 Å². The summed E-state index contributed by atoms with van der Waals surface area (Å²) in [6.45, 7) is 1.32. The SMILES string of the molecule is CN(C)[C@@H]1C(=O)C(C(N)=O)C(=O)[C@@]2(O)C(=O)C3C(=O)c4c(O)ccc(Cl)c4[C@@](C)(O)[C@H]3C[C@@H]12.Cl. The fourth-order valence-electron chi connectivity index (χ4n) is 5.95. The number of amides is 1. The van der Waals surface area contributed by atoms with Gasteiger partial charge >= 0.3 is 0 Å². The fraction of sp³-hybridized carbons (Fsp3) is 0.500. The number of carbonyl (C=O) groups is 5. The number of carbonyl (C=O) groups excluding carboxylic acids is 5. The second-order valence-corrected chi connectivity index (χ2v) is 9.80. The summed E-state index contributed by atoms with van der Waals surface area (Å²) in [4.78, 5) is 66.6. The van der Waals surface area contributed by atoms with Crippen LogP contribution in [0.1, 0.15) is 29.3 Å². The minimum Gasteiger partial charge on any atom is -0.507 e. The molecule has 3 aliphatic carbocycles. The van der Waals surface area contributed by atoms with Crippen LogP contribution in [0.4, 0.5) is 0 Å². The van der Waals surface area contributed by atoms with Crippen LogP contribution in [-0.4, -0.2) is 75.0 Å². The van der Waals surface area contributed by atoms with Crippen LogP contribution in [-0.2, 0) is 24.8 Å². The first kappa shape index (κ1) is 26.2. The highest BCUT2D eigenvalue weighted by molar-refractivity contribution is 6.34. The third kappa shape index (κ3) is 3.09. The summed E-state index contributed by atoms with van der Waals surface area (Å²) in [6.07, 6.45) is -0.289. The number of phenolic OH excluding ortho intramolecular Hbond substituents is 1. The number of nitrogens with two attached hydrogens (primary N) is 1. The molecule has 2 saturated carbocycles. The summed E-state index contributed by atoms with van der Waals surface area (Å²) in [5.41, 5.74) is 0.0293. The van der Waals surface area contributed by atoms with Crippen molar-refractivity contribution in [1.29, 1.82) is 0 Å². The average Bonchev–Trinajstić information content (AvgIpc) is 2.69. The number of aromatic hydroxyl groups is 1. The number of halogens is 2. The number of rotatable bonds is 2. The van der Waals surface area contributed by atoms with Gasteiger partial charge in [-0.05, 0) is 39.6 Å². The Kier molecular flexibility index (Phi) is 6.25. The summed E-state index contributed by atoms with van der Waals surface area (Å²) >= 11 is 6.25. The monoisotopic (exact) mass is 514 g/mol. The van der Waals surface area contributed by atoms with Crippen LogP contribution in [0.25, 0.3) is 0 Å².